The van der Waals surface area contributed by atoms with Crippen LogP contribution in [0.4, 0.5) is 8.78 Å². The SMILES string of the molecule is CC(=O)Oc1cc(F)ccc1C(=S)NCc1ccc(Br)cc1F. The van der Waals surface area contributed by atoms with Crippen molar-refractivity contribution in [1.82, 2.24) is 5.32 Å². The highest BCUT2D eigenvalue weighted by Crippen LogP contribution is 2.21. The van der Waals surface area contributed by atoms with Gasteiger partial charge in [0.1, 0.15) is 22.4 Å². The first-order chi connectivity index (χ1) is 10.9. The van der Waals surface area contributed by atoms with Crippen molar-refractivity contribution in [1.29, 1.82) is 0 Å². The van der Waals surface area contributed by atoms with E-state index in [9.17, 15) is 13.6 Å². The molecule has 0 aliphatic carbocycles. The zero-order valence-electron chi connectivity index (χ0n) is 12.0. The van der Waals surface area contributed by atoms with Crippen molar-refractivity contribution in [2.24, 2.45) is 0 Å². The fourth-order valence-corrected chi connectivity index (χ4v) is 2.43. The molecule has 0 atom stereocenters. The standard InChI is InChI=1S/C16H12BrF2NO2S/c1-9(21)22-15-7-12(18)4-5-13(15)16(23)20-8-10-2-3-11(17)6-14(10)19/h2-7H,8H2,1H3,(H,20,23). The summed E-state index contributed by atoms with van der Waals surface area (Å²) in [4.78, 5) is 11.3. The van der Waals surface area contributed by atoms with Crippen LogP contribution in [-0.2, 0) is 11.3 Å². The molecule has 7 heteroatoms. The van der Waals surface area contributed by atoms with E-state index in [0.29, 0.717) is 15.6 Å². The molecule has 0 heterocycles. The lowest BCUT2D eigenvalue weighted by atomic mass is 10.1. The van der Waals surface area contributed by atoms with Gasteiger partial charge in [0.15, 0.2) is 0 Å². The van der Waals surface area contributed by atoms with Crippen LogP contribution in [-0.4, -0.2) is 11.0 Å². The molecule has 2 aromatic carbocycles. The number of ether oxygens (including phenoxy) is 1. The number of halogens is 3. The first-order valence-corrected chi connectivity index (χ1v) is 7.77. The number of esters is 1. The summed E-state index contributed by atoms with van der Waals surface area (Å²) in [5.74, 6) is -1.49. The predicted molar refractivity (Wildman–Crippen MR) is 90.3 cm³/mol. The predicted octanol–water partition coefficient (Wildman–Crippen LogP) is 4.12. The van der Waals surface area contributed by atoms with Gasteiger partial charge in [0.25, 0.3) is 0 Å². The summed E-state index contributed by atoms with van der Waals surface area (Å²) in [6, 6.07) is 8.36. The Kier molecular flexibility index (Phi) is 5.79. The van der Waals surface area contributed by atoms with E-state index in [4.69, 9.17) is 17.0 Å². The first kappa shape index (κ1) is 17.5. The van der Waals surface area contributed by atoms with E-state index in [1.807, 2.05) is 0 Å². The summed E-state index contributed by atoms with van der Waals surface area (Å²) in [5, 5.41) is 2.87. The largest absolute Gasteiger partial charge is 0.426 e. The maximum absolute atomic E-state index is 13.8. The Hall–Kier alpha value is -1.86. The van der Waals surface area contributed by atoms with Gasteiger partial charge in [0, 0.05) is 29.6 Å². The molecule has 0 spiro atoms. The highest BCUT2D eigenvalue weighted by molar-refractivity contribution is 9.10. The van der Waals surface area contributed by atoms with Gasteiger partial charge >= 0.3 is 5.97 Å². The number of carbonyl (C=O) groups excluding carboxylic acids is 1. The van der Waals surface area contributed by atoms with Gasteiger partial charge in [-0.05, 0) is 24.3 Å². The van der Waals surface area contributed by atoms with E-state index >= 15 is 0 Å². The number of rotatable bonds is 4. The number of benzene rings is 2. The van der Waals surface area contributed by atoms with Gasteiger partial charge in [0.2, 0.25) is 0 Å². The highest BCUT2D eigenvalue weighted by Gasteiger charge is 2.13. The van der Waals surface area contributed by atoms with Crippen molar-refractivity contribution < 1.29 is 18.3 Å². The third-order valence-corrected chi connectivity index (χ3v) is 3.75. The minimum atomic E-state index is -0.585. The minimum Gasteiger partial charge on any atom is -0.426 e. The summed E-state index contributed by atoms with van der Waals surface area (Å²) in [6.45, 7) is 1.36. The van der Waals surface area contributed by atoms with Crippen molar-refractivity contribution in [3.8, 4) is 5.75 Å². The Morgan fingerprint density at radius 3 is 2.65 bits per heavy atom. The average molecular weight is 400 g/mol. The Morgan fingerprint density at radius 2 is 2.00 bits per heavy atom. The monoisotopic (exact) mass is 399 g/mol. The molecule has 0 aliphatic rings. The summed E-state index contributed by atoms with van der Waals surface area (Å²) >= 11 is 8.40. The van der Waals surface area contributed by atoms with Crippen molar-refractivity contribution in [3.05, 3.63) is 63.6 Å². The molecule has 3 nitrogen and oxygen atoms in total. The van der Waals surface area contributed by atoms with Crippen LogP contribution in [0.3, 0.4) is 0 Å². The summed E-state index contributed by atoms with van der Waals surface area (Å²) < 4.78 is 32.7. The Morgan fingerprint density at radius 1 is 1.26 bits per heavy atom. The van der Waals surface area contributed by atoms with Gasteiger partial charge in [-0.25, -0.2) is 8.78 Å². The molecule has 0 bridgehead atoms. The van der Waals surface area contributed by atoms with Crippen molar-refractivity contribution >= 4 is 39.1 Å². The molecule has 2 aromatic rings. The molecule has 0 aromatic heterocycles. The van der Waals surface area contributed by atoms with Gasteiger partial charge in [-0.2, -0.15) is 0 Å². The average Bonchev–Trinajstić information content (AvgIpc) is 2.45. The van der Waals surface area contributed by atoms with Crippen LogP contribution >= 0.6 is 28.1 Å². The van der Waals surface area contributed by atoms with Crippen molar-refractivity contribution in [2.75, 3.05) is 0 Å². The molecule has 23 heavy (non-hydrogen) atoms. The third kappa shape index (κ3) is 4.80. The molecule has 0 aliphatic heterocycles. The molecule has 0 radical (unpaired) electrons. The van der Waals surface area contributed by atoms with Crippen LogP contribution in [0.5, 0.6) is 5.75 Å². The summed E-state index contributed by atoms with van der Waals surface area (Å²) in [5.41, 5.74) is 0.779. The van der Waals surface area contributed by atoms with Crippen molar-refractivity contribution in [3.63, 3.8) is 0 Å². The normalized spacial score (nSPS) is 10.3. The molecular formula is C16H12BrF2NO2S. The van der Waals surface area contributed by atoms with Crippen LogP contribution < -0.4 is 10.1 Å². The van der Waals surface area contributed by atoms with Gasteiger partial charge in [0.05, 0.1) is 5.56 Å². The molecule has 0 fully saturated rings. The highest BCUT2D eigenvalue weighted by atomic mass is 79.9. The van der Waals surface area contributed by atoms with Gasteiger partial charge in [-0.15, -0.1) is 0 Å². The molecule has 0 amide bonds. The Bertz CT molecular complexity index is 768. The van der Waals surface area contributed by atoms with Gasteiger partial charge in [-0.3, -0.25) is 4.79 Å². The van der Waals surface area contributed by atoms with Crippen LogP contribution in [0.1, 0.15) is 18.1 Å². The fraction of sp³-hybridized carbons (Fsp3) is 0.125. The van der Waals surface area contributed by atoms with Gasteiger partial charge in [-0.1, -0.05) is 34.2 Å². The topological polar surface area (TPSA) is 38.3 Å². The van der Waals surface area contributed by atoms with E-state index in [1.165, 1.54) is 25.1 Å². The zero-order chi connectivity index (χ0) is 17.0. The Labute approximate surface area is 145 Å². The minimum absolute atomic E-state index is 0.0197. The first-order valence-electron chi connectivity index (χ1n) is 6.57. The molecule has 0 saturated heterocycles. The van der Waals surface area contributed by atoms with Crippen LogP contribution in [0.25, 0.3) is 0 Å². The van der Waals surface area contributed by atoms with Crippen LogP contribution in [0.15, 0.2) is 40.9 Å². The molecule has 1 N–H and O–H groups in total. The van der Waals surface area contributed by atoms with Gasteiger partial charge < -0.3 is 10.1 Å². The zero-order valence-corrected chi connectivity index (χ0v) is 14.4. The lowest BCUT2D eigenvalue weighted by Gasteiger charge is -2.12. The number of hydrogen-bond acceptors (Lipinski definition) is 3. The molecule has 0 unspecified atom stereocenters. The molecule has 2 rings (SSSR count). The van der Waals surface area contributed by atoms with Crippen molar-refractivity contribution in [2.45, 2.75) is 13.5 Å². The summed E-state index contributed by atoms with van der Waals surface area (Å²) in [6.07, 6.45) is 0. The smallest absolute Gasteiger partial charge is 0.308 e. The van der Waals surface area contributed by atoms with E-state index < -0.39 is 11.8 Å². The lowest BCUT2D eigenvalue weighted by Crippen LogP contribution is -2.23. The van der Waals surface area contributed by atoms with E-state index in [2.05, 4.69) is 21.2 Å². The summed E-state index contributed by atoms with van der Waals surface area (Å²) in [7, 11) is 0. The molecule has 120 valence electrons. The second-order valence-electron chi connectivity index (χ2n) is 4.65. The van der Waals surface area contributed by atoms with E-state index in [-0.39, 0.29) is 23.1 Å². The quantitative estimate of drug-likeness (QED) is 0.476. The fourth-order valence-electron chi connectivity index (χ4n) is 1.86. The maximum atomic E-state index is 13.8. The molecule has 0 saturated carbocycles. The number of carbonyl (C=O) groups is 1. The Balaban J connectivity index is 2.15. The number of hydrogen-bond donors (Lipinski definition) is 1. The maximum Gasteiger partial charge on any atom is 0.308 e. The van der Waals surface area contributed by atoms with Crippen LogP contribution in [0, 0.1) is 11.6 Å². The number of thiocarbonyl (C=S) groups is 1. The second-order valence-corrected chi connectivity index (χ2v) is 5.98. The second kappa shape index (κ2) is 7.61. The third-order valence-electron chi connectivity index (χ3n) is 2.90. The van der Waals surface area contributed by atoms with Crippen LogP contribution in [0.2, 0.25) is 0 Å². The van der Waals surface area contributed by atoms with E-state index in [0.717, 1.165) is 6.07 Å². The lowest BCUT2D eigenvalue weighted by molar-refractivity contribution is -0.131. The van der Waals surface area contributed by atoms with E-state index in [1.54, 1.807) is 12.1 Å². The molecular weight excluding hydrogens is 388 g/mol. The number of nitrogens with one attached hydrogen (secondary N) is 1.